The van der Waals surface area contributed by atoms with Crippen LogP contribution < -0.4 is 9.80 Å². The fourth-order valence-corrected chi connectivity index (χ4v) is 3.59. The van der Waals surface area contributed by atoms with Crippen molar-refractivity contribution >= 4 is 11.5 Å². The maximum atomic E-state index is 8.85. The number of pyridine rings is 1. The molecule has 24 heavy (non-hydrogen) atoms. The van der Waals surface area contributed by atoms with E-state index < -0.39 is 0 Å². The van der Waals surface area contributed by atoms with Gasteiger partial charge in [-0.3, -0.25) is 0 Å². The SMILES string of the molecule is N#Cc1ccc(N2CCN(c3ncnc4c3CCCC4)CC2)cn1. The molecule has 0 radical (unpaired) electrons. The molecule has 6 nitrogen and oxygen atoms in total. The van der Waals surface area contributed by atoms with Crippen LogP contribution >= 0.6 is 0 Å². The Labute approximate surface area is 141 Å². The number of nitriles is 1. The quantitative estimate of drug-likeness (QED) is 0.842. The second-order valence-corrected chi connectivity index (χ2v) is 6.32. The van der Waals surface area contributed by atoms with E-state index in [1.54, 1.807) is 18.6 Å². The van der Waals surface area contributed by atoms with Gasteiger partial charge in [0.2, 0.25) is 0 Å². The van der Waals surface area contributed by atoms with Crippen molar-refractivity contribution in [2.75, 3.05) is 36.0 Å². The van der Waals surface area contributed by atoms with Crippen molar-refractivity contribution in [3.63, 3.8) is 0 Å². The van der Waals surface area contributed by atoms with Gasteiger partial charge in [-0.15, -0.1) is 0 Å². The van der Waals surface area contributed by atoms with E-state index in [0.717, 1.165) is 50.5 Å². The van der Waals surface area contributed by atoms with Gasteiger partial charge in [0.25, 0.3) is 0 Å². The highest BCUT2D eigenvalue weighted by atomic mass is 15.3. The molecular weight excluding hydrogens is 300 g/mol. The van der Waals surface area contributed by atoms with Crippen molar-refractivity contribution in [2.45, 2.75) is 25.7 Å². The molecule has 0 spiro atoms. The van der Waals surface area contributed by atoms with Crippen LogP contribution in [0.1, 0.15) is 29.8 Å². The highest BCUT2D eigenvalue weighted by Crippen LogP contribution is 2.28. The molecule has 0 unspecified atom stereocenters. The minimum atomic E-state index is 0.463. The molecule has 1 aliphatic heterocycles. The summed E-state index contributed by atoms with van der Waals surface area (Å²) in [6.45, 7) is 3.77. The highest BCUT2D eigenvalue weighted by molar-refractivity contribution is 5.53. The summed E-state index contributed by atoms with van der Waals surface area (Å²) in [5.74, 6) is 1.14. The van der Waals surface area contributed by atoms with E-state index in [1.165, 1.54) is 24.1 Å². The zero-order valence-corrected chi connectivity index (χ0v) is 13.6. The molecule has 0 saturated carbocycles. The van der Waals surface area contributed by atoms with Gasteiger partial charge in [0.15, 0.2) is 0 Å². The third kappa shape index (κ3) is 2.78. The van der Waals surface area contributed by atoms with Crippen LogP contribution in [0.5, 0.6) is 0 Å². The predicted octanol–water partition coefficient (Wildman–Crippen LogP) is 1.95. The van der Waals surface area contributed by atoms with E-state index in [9.17, 15) is 0 Å². The Kier molecular flexibility index (Phi) is 3.99. The van der Waals surface area contributed by atoms with Crippen LogP contribution in [0.2, 0.25) is 0 Å². The predicted molar refractivity (Wildman–Crippen MR) is 92.1 cm³/mol. The Hall–Kier alpha value is -2.68. The number of aromatic nitrogens is 3. The summed E-state index contributed by atoms with van der Waals surface area (Å²) >= 11 is 0. The van der Waals surface area contributed by atoms with Crippen molar-refractivity contribution < 1.29 is 0 Å². The van der Waals surface area contributed by atoms with Crippen LogP contribution in [0.25, 0.3) is 0 Å². The Balaban J connectivity index is 1.47. The molecule has 4 rings (SSSR count). The zero-order valence-electron chi connectivity index (χ0n) is 13.6. The topological polar surface area (TPSA) is 68.9 Å². The Morgan fingerprint density at radius 2 is 1.71 bits per heavy atom. The summed E-state index contributed by atoms with van der Waals surface area (Å²) in [6, 6.07) is 5.82. The van der Waals surface area contributed by atoms with Gasteiger partial charge in [-0.2, -0.15) is 5.26 Å². The average molecular weight is 320 g/mol. The van der Waals surface area contributed by atoms with Crippen LogP contribution in [-0.2, 0) is 12.8 Å². The van der Waals surface area contributed by atoms with Crippen molar-refractivity contribution in [1.82, 2.24) is 15.0 Å². The largest absolute Gasteiger partial charge is 0.367 e. The monoisotopic (exact) mass is 320 g/mol. The lowest BCUT2D eigenvalue weighted by atomic mass is 9.96. The summed E-state index contributed by atoms with van der Waals surface area (Å²) < 4.78 is 0. The number of hydrogen-bond acceptors (Lipinski definition) is 6. The van der Waals surface area contributed by atoms with Gasteiger partial charge in [0.05, 0.1) is 11.9 Å². The first-order valence-corrected chi connectivity index (χ1v) is 8.54. The normalized spacial score (nSPS) is 17.3. The highest BCUT2D eigenvalue weighted by Gasteiger charge is 2.23. The Morgan fingerprint density at radius 3 is 2.46 bits per heavy atom. The molecular formula is C18H20N6. The maximum absolute atomic E-state index is 8.85. The third-order valence-corrected chi connectivity index (χ3v) is 4.91. The van der Waals surface area contributed by atoms with E-state index in [-0.39, 0.29) is 0 Å². The zero-order chi connectivity index (χ0) is 16.4. The average Bonchev–Trinajstić information content (AvgIpc) is 2.68. The second kappa shape index (κ2) is 6.44. The summed E-state index contributed by atoms with van der Waals surface area (Å²) in [4.78, 5) is 17.9. The maximum Gasteiger partial charge on any atom is 0.140 e. The van der Waals surface area contributed by atoms with Gasteiger partial charge >= 0.3 is 0 Å². The van der Waals surface area contributed by atoms with Crippen molar-refractivity contribution in [3.8, 4) is 6.07 Å². The van der Waals surface area contributed by atoms with Crippen molar-refractivity contribution in [2.24, 2.45) is 0 Å². The molecule has 1 saturated heterocycles. The van der Waals surface area contributed by atoms with E-state index >= 15 is 0 Å². The Morgan fingerprint density at radius 1 is 0.917 bits per heavy atom. The van der Waals surface area contributed by atoms with Gasteiger partial charge < -0.3 is 9.80 Å². The minimum Gasteiger partial charge on any atom is -0.367 e. The first-order valence-electron chi connectivity index (χ1n) is 8.54. The smallest absolute Gasteiger partial charge is 0.140 e. The Bertz CT molecular complexity index is 756. The molecule has 1 fully saturated rings. The lowest BCUT2D eigenvalue weighted by Gasteiger charge is -2.37. The molecule has 0 aromatic carbocycles. The fraction of sp³-hybridized carbons (Fsp3) is 0.444. The first-order chi connectivity index (χ1) is 11.8. The second-order valence-electron chi connectivity index (χ2n) is 6.32. The van der Waals surface area contributed by atoms with E-state index in [1.807, 2.05) is 6.07 Å². The number of piperazine rings is 1. The van der Waals surface area contributed by atoms with Crippen molar-refractivity contribution in [3.05, 3.63) is 41.6 Å². The fourth-order valence-electron chi connectivity index (χ4n) is 3.59. The molecule has 6 heteroatoms. The first kappa shape index (κ1) is 14.9. The van der Waals surface area contributed by atoms with Crippen LogP contribution in [0.3, 0.4) is 0 Å². The summed E-state index contributed by atoms with van der Waals surface area (Å²) in [5, 5.41) is 8.85. The van der Waals surface area contributed by atoms with Gasteiger partial charge in [0, 0.05) is 37.4 Å². The van der Waals surface area contributed by atoms with Gasteiger partial charge in [-0.05, 0) is 37.8 Å². The number of anilines is 2. The van der Waals surface area contributed by atoms with E-state index in [4.69, 9.17) is 5.26 Å². The summed E-state index contributed by atoms with van der Waals surface area (Å²) in [6.07, 6.45) is 8.18. The molecule has 2 aromatic rings. The lowest BCUT2D eigenvalue weighted by molar-refractivity contribution is 0.623. The summed E-state index contributed by atoms with van der Waals surface area (Å²) in [5.41, 5.74) is 4.14. The lowest BCUT2D eigenvalue weighted by Crippen LogP contribution is -2.47. The minimum absolute atomic E-state index is 0.463. The van der Waals surface area contributed by atoms with Crippen LogP contribution in [0.4, 0.5) is 11.5 Å². The molecule has 3 heterocycles. The van der Waals surface area contributed by atoms with Crippen LogP contribution in [0.15, 0.2) is 24.7 Å². The number of fused-ring (bicyclic) bond motifs is 1. The van der Waals surface area contributed by atoms with Gasteiger partial charge in [-0.1, -0.05) is 0 Å². The number of aryl methyl sites for hydroxylation is 1. The molecule has 0 N–H and O–H groups in total. The molecule has 0 bridgehead atoms. The third-order valence-electron chi connectivity index (χ3n) is 4.91. The molecule has 0 atom stereocenters. The molecule has 122 valence electrons. The van der Waals surface area contributed by atoms with Gasteiger partial charge in [-0.25, -0.2) is 15.0 Å². The van der Waals surface area contributed by atoms with Crippen LogP contribution in [0, 0.1) is 11.3 Å². The summed E-state index contributed by atoms with van der Waals surface area (Å²) in [7, 11) is 0. The molecule has 2 aliphatic rings. The molecule has 2 aromatic heterocycles. The molecule has 0 amide bonds. The van der Waals surface area contributed by atoms with E-state index in [2.05, 4.69) is 30.8 Å². The molecule has 1 aliphatic carbocycles. The standard InChI is InChI=1S/C18H20N6/c19-11-14-5-6-15(12-20-14)23-7-9-24(10-8-23)18-16-3-1-2-4-17(16)21-13-22-18/h5-6,12-13H,1-4,7-10H2. The number of hydrogen-bond donors (Lipinski definition) is 0. The van der Waals surface area contributed by atoms with Crippen molar-refractivity contribution in [1.29, 1.82) is 5.26 Å². The number of nitrogens with zero attached hydrogens (tertiary/aromatic N) is 6. The van der Waals surface area contributed by atoms with E-state index in [0.29, 0.717) is 5.69 Å². The van der Waals surface area contributed by atoms with Crippen LogP contribution in [-0.4, -0.2) is 41.1 Å². The van der Waals surface area contributed by atoms with Gasteiger partial charge in [0.1, 0.15) is 23.9 Å². The number of rotatable bonds is 2.